The molecule has 3 rings (SSSR count). The lowest BCUT2D eigenvalue weighted by Gasteiger charge is -2.29. The van der Waals surface area contributed by atoms with Crippen molar-refractivity contribution in [1.29, 1.82) is 0 Å². The summed E-state index contributed by atoms with van der Waals surface area (Å²) in [5.74, 6) is 3.03. The zero-order valence-electron chi connectivity index (χ0n) is 10.1. The van der Waals surface area contributed by atoms with E-state index in [9.17, 15) is 0 Å². The lowest BCUT2D eigenvalue weighted by atomic mass is 9.91. The Labute approximate surface area is 110 Å². The Morgan fingerprint density at radius 1 is 1.28 bits per heavy atom. The van der Waals surface area contributed by atoms with Gasteiger partial charge in [-0.15, -0.1) is 0 Å². The highest BCUT2D eigenvalue weighted by Gasteiger charge is 2.36. The van der Waals surface area contributed by atoms with Crippen LogP contribution in [-0.4, -0.2) is 41.5 Å². The van der Waals surface area contributed by atoms with Gasteiger partial charge in [0.1, 0.15) is 11.6 Å². The largest absolute Gasteiger partial charge is 0.381 e. The van der Waals surface area contributed by atoms with Crippen molar-refractivity contribution < 1.29 is 14.0 Å². The molecule has 6 nitrogen and oxygen atoms in total. The van der Waals surface area contributed by atoms with E-state index in [1.54, 1.807) is 0 Å². The van der Waals surface area contributed by atoms with Crippen molar-refractivity contribution in [2.75, 3.05) is 31.3 Å². The molecule has 2 aliphatic heterocycles. The summed E-state index contributed by atoms with van der Waals surface area (Å²) in [6, 6.07) is 0. The van der Waals surface area contributed by atoms with Crippen molar-refractivity contribution in [2.45, 2.75) is 24.5 Å². The predicted octanol–water partition coefficient (Wildman–Crippen LogP) is 0.839. The average Bonchev–Trinajstić information content (AvgIpc) is 2.91. The molecular weight excluding hydrogens is 254 g/mol. The van der Waals surface area contributed by atoms with Crippen molar-refractivity contribution in [3.8, 4) is 0 Å². The molecule has 2 aliphatic rings. The summed E-state index contributed by atoms with van der Waals surface area (Å²) in [4.78, 5) is 4.43. The maximum atomic E-state index is 6.30. The summed E-state index contributed by atoms with van der Waals surface area (Å²) in [5.41, 5.74) is 5.76. The molecule has 1 aromatic rings. The van der Waals surface area contributed by atoms with E-state index in [0.717, 1.165) is 31.0 Å². The third-order valence-electron chi connectivity index (χ3n) is 3.36. The molecule has 0 aromatic carbocycles. The second-order valence-corrected chi connectivity index (χ2v) is 5.81. The minimum absolute atomic E-state index is 0.0651. The Morgan fingerprint density at radius 3 is 2.83 bits per heavy atom. The second-order valence-electron chi connectivity index (χ2n) is 4.66. The van der Waals surface area contributed by atoms with Gasteiger partial charge in [-0.3, -0.25) is 0 Å². The van der Waals surface area contributed by atoms with Crippen LogP contribution in [-0.2, 0) is 15.0 Å². The molecule has 0 amide bonds. The molecule has 3 heterocycles. The lowest BCUT2D eigenvalue weighted by Crippen LogP contribution is -2.42. The lowest BCUT2D eigenvalue weighted by molar-refractivity contribution is 0.0400. The monoisotopic (exact) mass is 271 g/mol. The van der Waals surface area contributed by atoms with Crippen LogP contribution >= 0.6 is 11.8 Å². The molecule has 1 unspecified atom stereocenters. The SMILES string of the molecule is NC1(c2nc(C3CSCCO3)no2)CCOCC1. The standard InChI is InChI=1S/C11H17N3O3S/c12-11(1-3-15-4-2-11)10-13-9(14-17-10)8-7-18-6-5-16-8/h8H,1-7,12H2. The zero-order valence-corrected chi connectivity index (χ0v) is 10.9. The van der Waals surface area contributed by atoms with E-state index in [1.807, 2.05) is 11.8 Å². The second kappa shape index (κ2) is 5.16. The number of hydrogen-bond donors (Lipinski definition) is 1. The molecule has 0 saturated carbocycles. The number of rotatable bonds is 2. The van der Waals surface area contributed by atoms with Gasteiger partial charge in [-0.2, -0.15) is 16.7 Å². The number of thioether (sulfide) groups is 1. The first kappa shape index (κ1) is 12.4. The number of ether oxygens (including phenoxy) is 2. The molecule has 1 atom stereocenters. The van der Waals surface area contributed by atoms with Crippen LogP contribution in [0.2, 0.25) is 0 Å². The van der Waals surface area contributed by atoms with Crippen LogP contribution in [0.3, 0.4) is 0 Å². The summed E-state index contributed by atoms with van der Waals surface area (Å²) in [5, 5.41) is 4.02. The van der Waals surface area contributed by atoms with Gasteiger partial charge in [0, 0.05) is 24.7 Å². The van der Waals surface area contributed by atoms with E-state index in [2.05, 4.69) is 10.1 Å². The minimum Gasteiger partial charge on any atom is -0.381 e. The Morgan fingerprint density at radius 2 is 2.11 bits per heavy atom. The van der Waals surface area contributed by atoms with E-state index in [0.29, 0.717) is 24.9 Å². The van der Waals surface area contributed by atoms with Gasteiger partial charge < -0.3 is 19.7 Å². The van der Waals surface area contributed by atoms with E-state index in [4.69, 9.17) is 19.7 Å². The van der Waals surface area contributed by atoms with Gasteiger partial charge in [0.2, 0.25) is 11.7 Å². The molecular formula is C11H17N3O3S. The van der Waals surface area contributed by atoms with Gasteiger partial charge in [-0.05, 0) is 12.8 Å². The molecule has 1 aromatic heterocycles. The van der Waals surface area contributed by atoms with E-state index < -0.39 is 5.54 Å². The third kappa shape index (κ3) is 2.40. The summed E-state index contributed by atoms with van der Waals surface area (Å²) >= 11 is 1.84. The minimum atomic E-state index is -0.536. The number of nitrogens with two attached hydrogens (primary N) is 1. The fourth-order valence-electron chi connectivity index (χ4n) is 2.15. The smallest absolute Gasteiger partial charge is 0.247 e. The summed E-state index contributed by atoms with van der Waals surface area (Å²) < 4.78 is 16.3. The highest BCUT2D eigenvalue weighted by Crippen LogP contribution is 2.30. The predicted molar refractivity (Wildman–Crippen MR) is 66.2 cm³/mol. The molecule has 18 heavy (non-hydrogen) atoms. The van der Waals surface area contributed by atoms with E-state index in [-0.39, 0.29) is 6.10 Å². The van der Waals surface area contributed by atoms with Gasteiger partial charge in [0.05, 0.1) is 6.61 Å². The highest BCUT2D eigenvalue weighted by atomic mass is 32.2. The van der Waals surface area contributed by atoms with Gasteiger partial charge in [-0.1, -0.05) is 5.16 Å². The molecule has 100 valence electrons. The van der Waals surface area contributed by atoms with Gasteiger partial charge in [0.15, 0.2) is 0 Å². The first-order valence-corrected chi connectivity index (χ1v) is 7.33. The molecule has 0 bridgehead atoms. The summed E-state index contributed by atoms with van der Waals surface area (Å²) in [7, 11) is 0. The fourth-order valence-corrected chi connectivity index (χ4v) is 2.99. The fraction of sp³-hybridized carbons (Fsp3) is 0.818. The van der Waals surface area contributed by atoms with Crippen LogP contribution in [0.4, 0.5) is 0 Å². The molecule has 2 N–H and O–H groups in total. The van der Waals surface area contributed by atoms with Crippen LogP contribution in [0.1, 0.15) is 30.7 Å². The average molecular weight is 271 g/mol. The Kier molecular flexibility index (Phi) is 3.56. The summed E-state index contributed by atoms with van der Waals surface area (Å²) in [6.07, 6.45) is 1.37. The quantitative estimate of drug-likeness (QED) is 0.853. The van der Waals surface area contributed by atoms with Crippen LogP contribution in [0.25, 0.3) is 0 Å². The molecule has 2 saturated heterocycles. The van der Waals surface area contributed by atoms with Crippen molar-refractivity contribution in [3.63, 3.8) is 0 Å². The normalized spacial score (nSPS) is 28.2. The van der Waals surface area contributed by atoms with Crippen LogP contribution in [0.15, 0.2) is 4.52 Å². The molecule has 0 radical (unpaired) electrons. The molecule has 2 fully saturated rings. The zero-order chi connectivity index (χ0) is 12.4. The van der Waals surface area contributed by atoms with Crippen molar-refractivity contribution in [3.05, 3.63) is 11.7 Å². The first-order valence-electron chi connectivity index (χ1n) is 6.18. The van der Waals surface area contributed by atoms with Crippen molar-refractivity contribution in [2.24, 2.45) is 5.73 Å². The van der Waals surface area contributed by atoms with E-state index >= 15 is 0 Å². The van der Waals surface area contributed by atoms with E-state index in [1.165, 1.54) is 0 Å². The van der Waals surface area contributed by atoms with Gasteiger partial charge in [-0.25, -0.2) is 0 Å². The van der Waals surface area contributed by atoms with Crippen LogP contribution < -0.4 is 5.73 Å². The van der Waals surface area contributed by atoms with Crippen molar-refractivity contribution in [1.82, 2.24) is 10.1 Å². The number of aromatic nitrogens is 2. The maximum absolute atomic E-state index is 6.30. The van der Waals surface area contributed by atoms with Gasteiger partial charge >= 0.3 is 0 Å². The first-order chi connectivity index (χ1) is 8.78. The molecule has 0 aliphatic carbocycles. The summed E-state index contributed by atoms with van der Waals surface area (Å²) in [6.45, 7) is 2.02. The Bertz CT molecular complexity index is 400. The topological polar surface area (TPSA) is 83.4 Å². The maximum Gasteiger partial charge on any atom is 0.247 e. The number of nitrogens with zero attached hydrogens (tertiary/aromatic N) is 2. The molecule has 7 heteroatoms. The van der Waals surface area contributed by atoms with Crippen LogP contribution in [0.5, 0.6) is 0 Å². The Balaban J connectivity index is 1.75. The highest BCUT2D eigenvalue weighted by molar-refractivity contribution is 7.99. The number of hydrogen-bond acceptors (Lipinski definition) is 7. The Hall–Kier alpha value is -0.630. The van der Waals surface area contributed by atoms with Crippen molar-refractivity contribution >= 4 is 11.8 Å². The third-order valence-corrected chi connectivity index (χ3v) is 4.35. The van der Waals surface area contributed by atoms with Crippen LogP contribution in [0, 0.1) is 0 Å². The molecule has 0 spiro atoms. The van der Waals surface area contributed by atoms with Gasteiger partial charge in [0.25, 0.3) is 0 Å².